The number of hydrogen-bond donors (Lipinski definition) is 1. The van der Waals surface area contributed by atoms with Crippen molar-refractivity contribution >= 4 is 11.3 Å². The van der Waals surface area contributed by atoms with Crippen LogP contribution in [0.25, 0.3) is 10.6 Å². The third-order valence-electron chi connectivity index (χ3n) is 3.56. The van der Waals surface area contributed by atoms with E-state index in [1.807, 2.05) is 25.1 Å². The standard InChI is InChI=1S/C16H20N2O2S/c1-12-7-18(9-15(10-19)20-12)8-14-11-21-16(17-14)13-5-3-2-4-6-13/h2-6,11-12,15,19H,7-10H2,1H3. The van der Waals surface area contributed by atoms with Crippen molar-refractivity contribution in [2.45, 2.75) is 25.7 Å². The fourth-order valence-electron chi connectivity index (χ4n) is 2.69. The number of aliphatic hydroxyl groups is 1. The van der Waals surface area contributed by atoms with Crippen molar-refractivity contribution in [3.8, 4) is 10.6 Å². The van der Waals surface area contributed by atoms with Crippen molar-refractivity contribution in [3.63, 3.8) is 0 Å². The zero-order valence-corrected chi connectivity index (χ0v) is 12.9. The zero-order valence-electron chi connectivity index (χ0n) is 12.1. The Morgan fingerprint density at radius 3 is 2.90 bits per heavy atom. The van der Waals surface area contributed by atoms with Crippen LogP contribution in [0.2, 0.25) is 0 Å². The maximum atomic E-state index is 9.28. The fourth-order valence-corrected chi connectivity index (χ4v) is 3.51. The van der Waals surface area contributed by atoms with E-state index in [0.29, 0.717) is 0 Å². The molecule has 1 fully saturated rings. The Hall–Kier alpha value is -1.27. The molecule has 1 aliphatic heterocycles. The number of morpholine rings is 1. The Morgan fingerprint density at radius 2 is 2.14 bits per heavy atom. The van der Waals surface area contributed by atoms with Crippen LogP contribution in [0.5, 0.6) is 0 Å². The summed E-state index contributed by atoms with van der Waals surface area (Å²) in [5, 5.41) is 12.5. The predicted molar refractivity (Wildman–Crippen MR) is 84.2 cm³/mol. The van der Waals surface area contributed by atoms with E-state index in [4.69, 9.17) is 9.72 Å². The third kappa shape index (κ3) is 3.68. The first-order valence-corrected chi connectivity index (χ1v) is 8.11. The number of hydrogen-bond acceptors (Lipinski definition) is 5. The largest absolute Gasteiger partial charge is 0.394 e. The van der Waals surface area contributed by atoms with Gasteiger partial charge in [0.15, 0.2) is 0 Å². The van der Waals surface area contributed by atoms with Gasteiger partial charge in [-0.25, -0.2) is 4.98 Å². The molecular weight excluding hydrogens is 284 g/mol. The second kappa shape index (κ2) is 6.66. The van der Waals surface area contributed by atoms with Crippen LogP contribution in [0.1, 0.15) is 12.6 Å². The van der Waals surface area contributed by atoms with E-state index < -0.39 is 0 Å². The van der Waals surface area contributed by atoms with Gasteiger partial charge in [-0.05, 0) is 6.92 Å². The van der Waals surface area contributed by atoms with E-state index in [0.717, 1.165) is 35.9 Å². The minimum Gasteiger partial charge on any atom is -0.394 e. The smallest absolute Gasteiger partial charge is 0.123 e. The maximum Gasteiger partial charge on any atom is 0.123 e. The summed E-state index contributed by atoms with van der Waals surface area (Å²) in [7, 11) is 0. The summed E-state index contributed by atoms with van der Waals surface area (Å²) in [5.74, 6) is 0. The summed E-state index contributed by atoms with van der Waals surface area (Å²) in [5.41, 5.74) is 2.25. The van der Waals surface area contributed by atoms with Crippen LogP contribution in [-0.4, -0.2) is 46.9 Å². The van der Waals surface area contributed by atoms with Gasteiger partial charge >= 0.3 is 0 Å². The summed E-state index contributed by atoms with van der Waals surface area (Å²) in [6, 6.07) is 10.3. The molecule has 0 radical (unpaired) electrons. The summed E-state index contributed by atoms with van der Waals surface area (Å²) in [6.07, 6.45) is 0.0732. The van der Waals surface area contributed by atoms with Crippen LogP contribution in [0.4, 0.5) is 0 Å². The molecule has 1 aromatic heterocycles. The topological polar surface area (TPSA) is 45.6 Å². The monoisotopic (exact) mass is 304 g/mol. The molecule has 0 aliphatic carbocycles. The molecule has 0 amide bonds. The minimum absolute atomic E-state index is 0.0766. The average molecular weight is 304 g/mol. The van der Waals surface area contributed by atoms with Crippen molar-refractivity contribution in [2.75, 3.05) is 19.7 Å². The molecule has 112 valence electrons. The highest BCUT2D eigenvalue weighted by Crippen LogP contribution is 2.24. The first-order valence-electron chi connectivity index (χ1n) is 7.23. The van der Waals surface area contributed by atoms with E-state index in [1.54, 1.807) is 11.3 Å². The van der Waals surface area contributed by atoms with Gasteiger partial charge in [0.05, 0.1) is 24.5 Å². The van der Waals surface area contributed by atoms with Crippen molar-refractivity contribution in [1.82, 2.24) is 9.88 Å². The van der Waals surface area contributed by atoms with Gasteiger partial charge in [0, 0.05) is 30.6 Å². The van der Waals surface area contributed by atoms with Crippen LogP contribution in [-0.2, 0) is 11.3 Å². The number of rotatable bonds is 4. The second-order valence-corrected chi connectivity index (χ2v) is 6.31. The van der Waals surface area contributed by atoms with Gasteiger partial charge in [0.2, 0.25) is 0 Å². The van der Waals surface area contributed by atoms with E-state index >= 15 is 0 Å². The molecule has 0 bridgehead atoms. The van der Waals surface area contributed by atoms with Gasteiger partial charge in [-0.3, -0.25) is 4.90 Å². The molecule has 1 aliphatic rings. The zero-order chi connectivity index (χ0) is 14.7. The molecule has 2 aromatic rings. The normalized spacial score (nSPS) is 23.3. The molecule has 2 heterocycles. The van der Waals surface area contributed by atoms with Crippen LogP contribution in [0, 0.1) is 0 Å². The Balaban J connectivity index is 1.67. The molecule has 0 spiro atoms. The molecule has 0 saturated carbocycles. The molecular formula is C16H20N2O2S. The van der Waals surface area contributed by atoms with E-state index in [-0.39, 0.29) is 18.8 Å². The van der Waals surface area contributed by atoms with Crippen molar-refractivity contribution in [3.05, 3.63) is 41.4 Å². The lowest BCUT2D eigenvalue weighted by molar-refractivity contribution is -0.0974. The third-order valence-corrected chi connectivity index (χ3v) is 4.50. The average Bonchev–Trinajstić information content (AvgIpc) is 2.96. The van der Waals surface area contributed by atoms with Crippen molar-refractivity contribution in [2.24, 2.45) is 0 Å². The number of benzene rings is 1. The molecule has 5 heteroatoms. The highest BCUT2D eigenvalue weighted by molar-refractivity contribution is 7.13. The number of nitrogens with zero attached hydrogens (tertiary/aromatic N) is 2. The maximum absolute atomic E-state index is 9.28. The first-order chi connectivity index (χ1) is 10.2. The Bertz CT molecular complexity index is 573. The number of aromatic nitrogens is 1. The first kappa shape index (κ1) is 14.7. The molecule has 1 N–H and O–H groups in total. The van der Waals surface area contributed by atoms with Crippen molar-refractivity contribution in [1.29, 1.82) is 0 Å². The molecule has 1 aromatic carbocycles. The minimum atomic E-state index is -0.0824. The summed E-state index contributed by atoms with van der Waals surface area (Å²) in [6.45, 7) is 4.58. The van der Waals surface area contributed by atoms with Crippen LogP contribution >= 0.6 is 11.3 Å². The fraction of sp³-hybridized carbons (Fsp3) is 0.438. The second-order valence-electron chi connectivity index (χ2n) is 5.46. The summed E-state index contributed by atoms with van der Waals surface area (Å²) in [4.78, 5) is 7.03. The van der Waals surface area contributed by atoms with Crippen LogP contribution < -0.4 is 0 Å². The number of thiazole rings is 1. The van der Waals surface area contributed by atoms with Gasteiger partial charge in [-0.15, -0.1) is 11.3 Å². The Labute approximate surface area is 129 Å². The lowest BCUT2D eigenvalue weighted by Crippen LogP contribution is -2.47. The van der Waals surface area contributed by atoms with Gasteiger partial charge in [-0.1, -0.05) is 30.3 Å². The van der Waals surface area contributed by atoms with E-state index in [2.05, 4.69) is 22.4 Å². The molecule has 3 rings (SSSR count). The van der Waals surface area contributed by atoms with Gasteiger partial charge in [0.25, 0.3) is 0 Å². The quantitative estimate of drug-likeness (QED) is 0.942. The van der Waals surface area contributed by atoms with Crippen LogP contribution in [0.15, 0.2) is 35.7 Å². The highest BCUT2D eigenvalue weighted by Gasteiger charge is 2.25. The van der Waals surface area contributed by atoms with E-state index in [1.165, 1.54) is 0 Å². The molecule has 1 saturated heterocycles. The van der Waals surface area contributed by atoms with Crippen molar-refractivity contribution < 1.29 is 9.84 Å². The number of ether oxygens (including phenoxy) is 1. The Morgan fingerprint density at radius 1 is 1.33 bits per heavy atom. The van der Waals surface area contributed by atoms with Crippen LogP contribution in [0.3, 0.4) is 0 Å². The summed E-state index contributed by atoms with van der Waals surface area (Å²) >= 11 is 1.68. The molecule has 2 atom stereocenters. The van der Waals surface area contributed by atoms with E-state index in [9.17, 15) is 5.11 Å². The van der Waals surface area contributed by atoms with Gasteiger partial charge < -0.3 is 9.84 Å². The molecule has 4 nitrogen and oxygen atoms in total. The summed E-state index contributed by atoms with van der Waals surface area (Å²) < 4.78 is 5.67. The molecule has 2 unspecified atom stereocenters. The SMILES string of the molecule is CC1CN(Cc2csc(-c3ccccc3)n2)CC(CO)O1. The highest BCUT2D eigenvalue weighted by atomic mass is 32.1. The van der Waals surface area contributed by atoms with Gasteiger partial charge in [0.1, 0.15) is 5.01 Å². The molecule has 21 heavy (non-hydrogen) atoms. The lowest BCUT2D eigenvalue weighted by atomic mass is 10.2. The predicted octanol–water partition coefficient (Wildman–Crippen LogP) is 2.39. The Kier molecular flexibility index (Phi) is 4.65. The van der Waals surface area contributed by atoms with Gasteiger partial charge in [-0.2, -0.15) is 0 Å². The number of aliphatic hydroxyl groups excluding tert-OH is 1. The lowest BCUT2D eigenvalue weighted by Gasteiger charge is -2.35.